The smallest absolute Gasteiger partial charge is 0.227 e. The number of furan rings is 1. The number of alkyl halides is 1. The van der Waals surface area contributed by atoms with Crippen LogP contribution in [0, 0.1) is 0 Å². The van der Waals surface area contributed by atoms with Gasteiger partial charge in [-0.1, -0.05) is 23.4 Å². The van der Waals surface area contributed by atoms with E-state index in [0.717, 1.165) is 23.0 Å². The monoisotopic (exact) mass is 262 g/mol. The first kappa shape index (κ1) is 11.3. The number of hydrogen-bond acceptors (Lipinski definition) is 4. The average Bonchev–Trinajstić information content (AvgIpc) is 3.02. The van der Waals surface area contributed by atoms with Gasteiger partial charge in [0.05, 0.1) is 5.56 Å². The van der Waals surface area contributed by atoms with Crippen LogP contribution in [0.4, 0.5) is 0 Å². The molecule has 0 N–H and O–H groups in total. The summed E-state index contributed by atoms with van der Waals surface area (Å²) in [5, 5.41) is 4.96. The zero-order chi connectivity index (χ0) is 12.4. The summed E-state index contributed by atoms with van der Waals surface area (Å²) in [4.78, 5) is 4.34. The Morgan fingerprint density at radius 3 is 3.00 bits per heavy atom. The van der Waals surface area contributed by atoms with Gasteiger partial charge < -0.3 is 8.94 Å². The Balaban J connectivity index is 1.96. The molecule has 3 aromatic rings. The third kappa shape index (κ3) is 1.99. The summed E-state index contributed by atoms with van der Waals surface area (Å²) in [6, 6.07) is 7.77. The molecule has 0 saturated carbocycles. The number of halogens is 1. The Morgan fingerprint density at radius 2 is 2.11 bits per heavy atom. The van der Waals surface area contributed by atoms with Crippen LogP contribution >= 0.6 is 11.6 Å². The Labute approximate surface area is 109 Å². The van der Waals surface area contributed by atoms with Crippen molar-refractivity contribution in [3.05, 3.63) is 36.4 Å². The minimum atomic E-state index is 0.560. The molecule has 92 valence electrons. The SMILES string of the molecule is ClCCCc1nc(-c2coc3ccccc23)no1. The maximum Gasteiger partial charge on any atom is 0.227 e. The van der Waals surface area contributed by atoms with Gasteiger partial charge in [-0.05, 0) is 12.5 Å². The van der Waals surface area contributed by atoms with Crippen molar-refractivity contribution in [1.29, 1.82) is 0 Å². The predicted octanol–water partition coefficient (Wildman–Crippen LogP) is 3.65. The molecule has 0 fully saturated rings. The van der Waals surface area contributed by atoms with Crippen LogP contribution in [-0.4, -0.2) is 16.0 Å². The van der Waals surface area contributed by atoms with E-state index in [1.54, 1.807) is 6.26 Å². The number of aromatic nitrogens is 2. The largest absolute Gasteiger partial charge is 0.464 e. The van der Waals surface area contributed by atoms with Crippen molar-refractivity contribution < 1.29 is 8.94 Å². The van der Waals surface area contributed by atoms with E-state index in [1.165, 1.54) is 0 Å². The molecule has 4 nitrogen and oxygen atoms in total. The van der Waals surface area contributed by atoms with Gasteiger partial charge in [0.25, 0.3) is 0 Å². The minimum Gasteiger partial charge on any atom is -0.464 e. The Morgan fingerprint density at radius 1 is 1.22 bits per heavy atom. The highest BCUT2D eigenvalue weighted by molar-refractivity contribution is 6.17. The average molecular weight is 263 g/mol. The summed E-state index contributed by atoms with van der Waals surface area (Å²) < 4.78 is 10.6. The molecule has 1 aromatic carbocycles. The van der Waals surface area contributed by atoms with Crippen molar-refractivity contribution in [2.75, 3.05) is 5.88 Å². The van der Waals surface area contributed by atoms with Crippen LogP contribution < -0.4 is 0 Å². The van der Waals surface area contributed by atoms with E-state index in [1.807, 2.05) is 24.3 Å². The van der Waals surface area contributed by atoms with Crippen LogP contribution in [0.15, 0.2) is 39.5 Å². The third-order valence-corrected chi connectivity index (χ3v) is 2.98. The number of para-hydroxylation sites is 1. The fraction of sp³-hybridized carbons (Fsp3) is 0.231. The van der Waals surface area contributed by atoms with Crippen molar-refractivity contribution in [3.8, 4) is 11.4 Å². The lowest BCUT2D eigenvalue weighted by Gasteiger charge is -1.89. The van der Waals surface area contributed by atoms with E-state index in [2.05, 4.69) is 10.1 Å². The van der Waals surface area contributed by atoms with Gasteiger partial charge in [-0.25, -0.2) is 0 Å². The molecule has 0 aliphatic heterocycles. The Bertz CT molecular complexity index is 660. The zero-order valence-corrected chi connectivity index (χ0v) is 10.4. The highest BCUT2D eigenvalue weighted by Gasteiger charge is 2.13. The van der Waals surface area contributed by atoms with Crippen LogP contribution in [0.3, 0.4) is 0 Å². The number of fused-ring (bicyclic) bond motifs is 1. The number of aryl methyl sites for hydroxylation is 1. The summed E-state index contributed by atoms with van der Waals surface area (Å²) in [6.45, 7) is 0. The zero-order valence-electron chi connectivity index (χ0n) is 9.60. The van der Waals surface area contributed by atoms with Crippen molar-refractivity contribution in [1.82, 2.24) is 10.1 Å². The lowest BCUT2D eigenvalue weighted by molar-refractivity contribution is 0.378. The van der Waals surface area contributed by atoms with Crippen molar-refractivity contribution in [3.63, 3.8) is 0 Å². The predicted molar refractivity (Wildman–Crippen MR) is 68.5 cm³/mol. The normalized spacial score (nSPS) is 11.2. The van der Waals surface area contributed by atoms with E-state index in [0.29, 0.717) is 24.0 Å². The molecular weight excluding hydrogens is 252 g/mol. The number of hydrogen-bond donors (Lipinski definition) is 0. The molecule has 0 bridgehead atoms. The molecule has 0 aliphatic carbocycles. The summed E-state index contributed by atoms with van der Waals surface area (Å²) >= 11 is 5.63. The van der Waals surface area contributed by atoms with Crippen molar-refractivity contribution in [2.24, 2.45) is 0 Å². The van der Waals surface area contributed by atoms with Crippen molar-refractivity contribution >= 4 is 22.6 Å². The molecule has 3 rings (SSSR count). The van der Waals surface area contributed by atoms with Crippen LogP contribution in [0.5, 0.6) is 0 Å². The van der Waals surface area contributed by atoms with Gasteiger partial charge in [-0.15, -0.1) is 11.6 Å². The molecule has 18 heavy (non-hydrogen) atoms. The molecular formula is C13H11ClN2O2. The molecule has 0 spiro atoms. The highest BCUT2D eigenvalue weighted by Crippen LogP contribution is 2.28. The maximum absolute atomic E-state index is 5.63. The molecule has 0 saturated heterocycles. The van der Waals surface area contributed by atoms with Gasteiger partial charge in [-0.3, -0.25) is 0 Å². The summed E-state index contributed by atoms with van der Waals surface area (Å²) in [5.41, 5.74) is 1.67. The molecule has 2 aromatic heterocycles. The molecule has 2 heterocycles. The fourth-order valence-corrected chi connectivity index (χ4v) is 1.97. The molecule has 0 unspecified atom stereocenters. The van der Waals surface area contributed by atoms with Crippen LogP contribution in [-0.2, 0) is 6.42 Å². The van der Waals surface area contributed by atoms with E-state index < -0.39 is 0 Å². The lowest BCUT2D eigenvalue weighted by Crippen LogP contribution is -1.86. The Hall–Kier alpha value is -1.81. The molecule has 0 amide bonds. The van der Waals surface area contributed by atoms with Crippen LogP contribution in [0.25, 0.3) is 22.4 Å². The van der Waals surface area contributed by atoms with Crippen LogP contribution in [0.1, 0.15) is 12.3 Å². The second-order valence-corrected chi connectivity index (χ2v) is 4.33. The topological polar surface area (TPSA) is 52.1 Å². The second kappa shape index (κ2) is 4.82. The first-order valence-electron chi connectivity index (χ1n) is 5.73. The van der Waals surface area contributed by atoms with Gasteiger partial charge in [-0.2, -0.15) is 4.98 Å². The quantitative estimate of drug-likeness (QED) is 0.674. The second-order valence-electron chi connectivity index (χ2n) is 3.95. The Kier molecular flexibility index (Phi) is 3.02. The number of nitrogens with zero attached hydrogens (tertiary/aromatic N) is 2. The molecule has 0 aliphatic rings. The van der Waals surface area contributed by atoms with Crippen LogP contribution in [0.2, 0.25) is 0 Å². The summed E-state index contributed by atoms with van der Waals surface area (Å²) in [5.74, 6) is 1.76. The molecule has 0 radical (unpaired) electrons. The van der Waals surface area contributed by atoms with E-state index >= 15 is 0 Å². The van der Waals surface area contributed by atoms with Gasteiger partial charge in [0, 0.05) is 17.7 Å². The first-order chi connectivity index (χ1) is 8.88. The molecule has 0 atom stereocenters. The van der Waals surface area contributed by atoms with Gasteiger partial charge in [0.15, 0.2) is 0 Å². The third-order valence-electron chi connectivity index (χ3n) is 2.71. The number of rotatable bonds is 4. The first-order valence-corrected chi connectivity index (χ1v) is 6.27. The highest BCUT2D eigenvalue weighted by atomic mass is 35.5. The lowest BCUT2D eigenvalue weighted by atomic mass is 10.2. The fourth-order valence-electron chi connectivity index (χ4n) is 1.83. The maximum atomic E-state index is 5.63. The summed E-state index contributed by atoms with van der Waals surface area (Å²) in [7, 11) is 0. The van der Waals surface area contributed by atoms with E-state index in [4.69, 9.17) is 20.5 Å². The number of benzene rings is 1. The minimum absolute atomic E-state index is 0.560. The van der Waals surface area contributed by atoms with E-state index in [-0.39, 0.29) is 0 Å². The van der Waals surface area contributed by atoms with Gasteiger partial charge >= 0.3 is 0 Å². The van der Waals surface area contributed by atoms with Crippen molar-refractivity contribution in [2.45, 2.75) is 12.8 Å². The standard InChI is InChI=1S/C13H11ClN2O2/c14-7-3-6-12-15-13(16-18-12)10-8-17-11-5-2-1-4-9(10)11/h1-2,4-5,8H,3,6-7H2. The van der Waals surface area contributed by atoms with E-state index in [9.17, 15) is 0 Å². The van der Waals surface area contributed by atoms with Gasteiger partial charge in [0.2, 0.25) is 11.7 Å². The molecule has 5 heteroatoms. The summed E-state index contributed by atoms with van der Waals surface area (Å²) in [6.07, 6.45) is 3.18. The van der Waals surface area contributed by atoms with Gasteiger partial charge in [0.1, 0.15) is 11.8 Å².